The van der Waals surface area contributed by atoms with Crippen LogP contribution in [0.1, 0.15) is 18.1 Å². The molecule has 1 aromatic carbocycles. The van der Waals surface area contributed by atoms with Crippen molar-refractivity contribution in [3.05, 3.63) is 59.0 Å². The van der Waals surface area contributed by atoms with Gasteiger partial charge < -0.3 is 19.1 Å². The summed E-state index contributed by atoms with van der Waals surface area (Å²) in [5, 5.41) is 11.5. The maximum atomic E-state index is 12.2. The quantitative estimate of drug-likeness (QED) is 0.448. The van der Waals surface area contributed by atoms with E-state index in [0.29, 0.717) is 18.9 Å². The van der Waals surface area contributed by atoms with Gasteiger partial charge in [-0.3, -0.25) is 0 Å². The third-order valence-corrected chi connectivity index (χ3v) is 7.06. The van der Waals surface area contributed by atoms with E-state index in [9.17, 15) is 18.3 Å². The van der Waals surface area contributed by atoms with Crippen molar-refractivity contribution in [2.75, 3.05) is 19.5 Å². The van der Waals surface area contributed by atoms with Crippen LogP contribution in [0.4, 0.5) is 0 Å². The Morgan fingerprint density at radius 2 is 1.91 bits per heavy atom. The molecular formula is C23H27NO6S2. The Labute approximate surface area is 192 Å². The van der Waals surface area contributed by atoms with Gasteiger partial charge in [0.05, 0.1) is 17.1 Å². The zero-order chi connectivity index (χ0) is 23.3. The number of carbonyl (C=O) groups is 1. The van der Waals surface area contributed by atoms with E-state index in [2.05, 4.69) is 0 Å². The van der Waals surface area contributed by atoms with E-state index >= 15 is 0 Å². The molecule has 1 atom stereocenters. The number of aryl methyl sites for hydroxylation is 1. The number of sulfone groups is 1. The van der Waals surface area contributed by atoms with Crippen molar-refractivity contribution < 1.29 is 27.8 Å². The van der Waals surface area contributed by atoms with Crippen molar-refractivity contribution in [2.45, 2.75) is 37.9 Å². The molecule has 9 heteroatoms. The van der Waals surface area contributed by atoms with Crippen LogP contribution in [0.5, 0.6) is 5.75 Å². The first kappa shape index (κ1) is 24.0. The lowest BCUT2D eigenvalue weighted by Gasteiger charge is -2.14. The first-order chi connectivity index (χ1) is 15.2. The molecule has 2 heterocycles. The van der Waals surface area contributed by atoms with Crippen molar-refractivity contribution >= 4 is 27.1 Å². The fraction of sp³-hybridized carbons (Fsp3) is 0.348. The lowest BCUT2D eigenvalue weighted by atomic mass is 10.1. The first-order valence-electron chi connectivity index (χ1n) is 10.2. The van der Waals surface area contributed by atoms with Crippen LogP contribution in [-0.2, 0) is 32.3 Å². The number of hydrogen-bond acceptors (Lipinski definition) is 6. The topological polar surface area (TPSA) is 94.8 Å². The molecule has 0 saturated heterocycles. The van der Waals surface area contributed by atoms with E-state index in [1.54, 1.807) is 41.0 Å². The molecule has 0 spiro atoms. The smallest absolute Gasteiger partial charge is 0.333 e. The minimum absolute atomic E-state index is 0.258. The van der Waals surface area contributed by atoms with Gasteiger partial charge in [-0.25, -0.2) is 13.2 Å². The molecule has 0 fully saturated rings. The van der Waals surface area contributed by atoms with Crippen LogP contribution in [0.2, 0.25) is 0 Å². The lowest BCUT2D eigenvalue weighted by molar-refractivity contribution is -0.149. The minimum Gasteiger partial charge on any atom is -0.492 e. The molecule has 172 valence electrons. The number of carboxylic acids is 1. The highest BCUT2D eigenvalue weighted by atomic mass is 32.2. The Morgan fingerprint density at radius 3 is 2.47 bits per heavy atom. The second kappa shape index (κ2) is 10.3. The van der Waals surface area contributed by atoms with Gasteiger partial charge in [0.25, 0.3) is 0 Å². The molecule has 3 aromatic rings. The Balaban J connectivity index is 1.69. The minimum atomic E-state index is -3.39. The number of ether oxygens (including phenoxy) is 2. The summed E-state index contributed by atoms with van der Waals surface area (Å²) in [4.78, 5) is 12.3. The van der Waals surface area contributed by atoms with Gasteiger partial charge in [-0.2, -0.15) is 0 Å². The molecule has 1 N–H and O–H groups in total. The highest BCUT2D eigenvalue weighted by molar-refractivity contribution is 7.90. The maximum absolute atomic E-state index is 12.2. The van der Waals surface area contributed by atoms with Gasteiger partial charge in [-0.1, -0.05) is 12.1 Å². The lowest BCUT2D eigenvalue weighted by Crippen LogP contribution is -2.26. The van der Waals surface area contributed by atoms with Gasteiger partial charge in [-0.05, 0) is 60.7 Å². The Hall–Kier alpha value is -2.62. The molecule has 0 saturated carbocycles. The van der Waals surface area contributed by atoms with Gasteiger partial charge in [0.1, 0.15) is 17.4 Å². The molecule has 0 bridgehead atoms. The summed E-state index contributed by atoms with van der Waals surface area (Å²) < 4.78 is 37.4. The van der Waals surface area contributed by atoms with E-state index in [1.165, 1.54) is 6.26 Å². The van der Waals surface area contributed by atoms with Gasteiger partial charge in [0, 0.05) is 19.3 Å². The number of aromatic nitrogens is 1. The number of aliphatic carboxylic acids is 1. The number of benzene rings is 1. The SMILES string of the molecule is CCOC(Cc1ccc(OCCn2c(-c3cc(C)cs3)ccc2S(C)(=O)=O)cc1)C(=O)O. The Morgan fingerprint density at radius 1 is 1.19 bits per heavy atom. The molecule has 0 aliphatic heterocycles. The molecule has 0 amide bonds. The van der Waals surface area contributed by atoms with Gasteiger partial charge >= 0.3 is 5.97 Å². The Kier molecular flexibility index (Phi) is 7.76. The van der Waals surface area contributed by atoms with Crippen LogP contribution in [0.25, 0.3) is 10.6 Å². The van der Waals surface area contributed by atoms with Crippen molar-refractivity contribution in [2.24, 2.45) is 0 Å². The largest absolute Gasteiger partial charge is 0.492 e. The predicted molar refractivity (Wildman–Crippen MR) is 124 cm³/mol. The van der Waals surface area contributed by atoms with Crippen molar-refractivity contribution in [3.63, 3.8) is 0 Å². The van der Waals surface area contributed by atoms with E-state index in [1.807, 2.05) is 36.6 Å². The summed E-state index contributed by atoms with van der Waals surface area (Å²) in [6.07, 6.45) is 0.595. The summed E-state index contributed by atoms with van der Waals surface area (Å²) in [7, 11) is -3.39. The summed E-state index contributed by atoms with van der Waals surface area (Å²) in [5.74, 6) is -0.365. The zero-order valence-corrected chi connectivity index (χ0v) is 19.9. The van der Waals surface area contributed by atoms with Crippen molar-refractivity contribution in [3.8, 4) is 16.3 Å². The molecule has 3 rings (SSSR count). The molecule has 0 aliphatic rings. The van der Waals surface area contributed by atoms with E-state index in [4.69, 9.17) is 9.47 Å². The van der Waals surface area contributed by atoms with Crippen LogP contribution in [0.3, 0.4) is 0 Å². The maximum Gasteiger partial charge on any atom is 0.333 e. The van der Waals surface area contributed by atoms with Crippen molar-refractivity contribution in [1.82, 2.24) is 4.57 Å². The number of nitrogens with zero attached hydrogens (tertiary/aromatic N) is 1. The van der Waals surface area contributed by atoms with Crippen LogP contribution in [-0.4, -0.2) is 49.6 Å². The molecule has 1 unspecified atom stereocenters. The van der Waals surface area contributed by atoms with Gasteiger partial charge in [0.2, 0.25) is 0 Å². The van der Waals surface area contributed by atoms with Gasteiger partial charge in [-0.15, -0.1) is 11.3 Å². The second-order valence-corrected chi connectivity index (χ2v) is 10.3. The van der Waals surface area contributed by atoms with Crippen LogP contribution in [0, 0.1) is 6.92 Å². The van der Waals surface area contributed by atoms with Crippen LogP contribution < -0.4 is 4.74 Å². The number of thiophene rings is 1. The summed E-state index contributed by atoms with van der Waals surface area (Å²) in [5.41, 5.74) is 2.81. The number of hydrogen-bond donors (Lipinski definition) is 1. The number of rotatable bonds is 11. The summed E-state index contributed by atoms with van der Waals surface area (Å²) in [6, 6.07) is 12.7. The molecule has 32 heavy (non-hydrogen) atoms. The molecule has 2 aromatic heterocycles. The highest BCUT2D eigenvalue weighted by Gasteiger charge is 2.19. The summed E-state index contributed by atoms with van der Waals surface area (Å²) in [6.45, 7) is 4.75. The van der Waals surface area contributed by atoms with E-state index < -0.39 is 21.9 Å². The summed E-state index contributed by atoms with van der Waals surface area (Å²) >= 11 is 1.57. The molecule has 7 nitrogen and oxygen atoms in total. The monoisotopic (exact) mass is 477 g/mol. The average molecular weight is 478 g/mol. The fourth-order valence-electron chi connectivity index (χ4n) is 3.39. The van der Waals surface area contributed by atoms with Crippen LogP contribution >= 0.6 is 11.3 Å². The fourth-order valence-corrected chi connectivity index (χ4v) is 5.23. The van der Waals surface area contributed by atoms with Crippen LogP contribution in [0.15, 0.2) is 52.9 Å². The standard InChI is InChI=1S/C23H27NO6S2/c1-4-29-20(23(25)26)14-17-5-7-18(8-6-17)30-12-11-24-19(21-13-16(2)15-31-21)9-10-22(24)32(3,27)28/h5-10,13,15,20H,4,11-12,14H2,1-3H3,(H,25,26). The van der Waals surface area contributed by atoms with E-state index in [-0.39, 0.29) is 18.1 Å². The molecule has 0 radical (unpaired) electrons. The first-order valence-corrected chi connectivity index (χ1v) is 13.0. The third kappa shape index (κ3) is 5.99. The third-order valence-electron chi connectivity index (χ3n) is 4.87. The Bertz CT molecular complexity index is 1160. The molecular weight excluding hydrogens is 450 g/mol. The second-order valence-electron chi connectivity index (χ2n) is 7.45. The highest BCUT2D eigenvalue weighted by Crippen LogP contribution is 2.30. The molecule has 0 aliphatic carbocycles. The zero-order valence-electron chi connectivity index (χ0n) is 18.3. The van der Waals surface area contributed by atoms with E-state index in [0.717, 1.165) is 21.7 Å². The number of carboxylic acid groups (broad SMARTS) is 1. The van der Waals surface area contributed by atoms with Crippen molar-refractivity contribution in [1.29, 1.82) is 0 Å². The average Bonchev–Trinajstić information content (AvgIpc) is 3.34. The normalized spacial score (nSPS) is 12.6. The predicted octanol–water partition coefficient (Wildman–Crippen LogP) is 4.04. The van der Waals surface area contributed by atoms with Gasteiger partial charge in [0.15, 0.2) is 15.9 Å².